The fourth-order valence-electron chi connectivity index (χ4n) is 1.14. The molecule has 94 valence electrons. The van der Waals surface area contributed by atoms with E-state index in [1.165, 1.54) is 17.1 Å². The summed E-state index contributed by atoms with van der Waals surface area (Å²) >= 11 is 23.1. The number of carbonyl (C=O) groups excluding carboxylic acids is 1. The standard InChI is InChI=1S/C10H4Cl4N2O2/c11-5-6(12)8(15-9(14)7(5)13)10(17)18-16-3-1-2-4-16/h1-4H. The lowest BCUT2D eigenvalue weighted by molar-refractivity contribution is 0.0456. The van der Waals surface area contributed by atoms with Crippen molar-refractivity contribution in [1.82, 2.24) is 9.71 Å². The van der Waals surface area contributed by atoms with Gasteiger partial charge in [-0.2, -0.15) is 4.73 Å². The summed E-state index contributed by atoms with van der Waals surface area (Å²) in [4.78, 5) is 20.5. The van der Waals surface area contributed by atoms with Crippen LogP contribution in [0.1, 0.15) is 10.5 Å². The predicted molar refractivity (Wildman–Crippen MR) is 69.6 cm³/mol. The highest BCUT2D eigenvalue weighted by Gasteiger charge is 2.22. The maximum Gasteiger partial charge on any atom is 0.383 e. The van der Waals surface area contributed by atoms with Crippen molar-refractivity contribution in [3.05, 3.63) is 50.4 Å². The molecule has 0 unspecified atom stereocenters. The fourth-order valence-corrected chi connectivity index (χ4v) is 1.95. The Hall–Kier alpha value is -0.940. The van der Waals surface area contributed by atoms with Crippen LogP contribution in [0.4, 0.5) is 0 Å². The van der Waals surface area contributed by atoms with Crippen LogP contribution in [0.15, 0.2) is 24.5 Å². The van der Waals surface area contributed by atoms with Crippen LogP contribution in [-0.4, -0.2) is 15.7 Å². The van der Waals surface area contributed by atoms with Crippen molar-refractivity contribution in [2.24, 2.45) is 0 Å². The Morgan fingerprint density at radius 1 is 1.06 bits per heavy atom. The number of hydrogen-bond donors (Lipinski definition) is 0. The zero-order chi connectivity index (χ0) is 13.3. The Morgan fingerprint density at radius 2 is 1.67 bits per heavy atom. The molecular formula is C10H4Cl4N2O2. The van der Waals surface area contributed by atoms with Crippen LogP contribution in [0.3, 0.4) is 0 Å². The highest BCUT2D eigenvalue weighted by Crippen LogP contribution is 2.36. The molecule has 2 heterocycles. The van der Waals surface area contributed by atoms with E-state index in [0.29, 0.717) is 0 Å². The summed E-state index contributed by atoms with van der Waals surface area (Å²) < 4.78 is 1.19. The van der Waals surface area contributed by atoms with Gasteiger partial charge in [0.1, 0.15) is 5.15 Å². The lowest BCUT2D eigenvalue weighted by Crippen LogP contribution is -2.20. The van der Waals surface area contributed by atoms with Crippen LogP contribution < -0.4 is 4.84 Å². The molecule has 0 aromatic carbocycles. The lowest BCUT2D eigenvalue weighted by atomic mass is 10.3. The third-order valence-corrected chi connectivity index (χ3v) is 3.62. The molecule has 0 saturated carbocycles. The normalized spacial score (nSPS) is 10.4. The van der Waals surface area contributed by atoms with Crippen molar-refractivity contribution in [2.45, 2.75) is 0 Å². The first-order chi connectivity index (χ1) is 8.50. The third kappa shape index (κ3) is 2.57. The highest BCUT2D eigenvalue weighted by atomic mass is 35.5. The van der Waals surface area contributed by atoms with Gasteiger partial charge in [0.05, 0.1) is 15.1 Å². The molecule has 0 aliphatic heterocycles. The molecule has 0 bridgehead atoms. The summed E-state index contributed by atoms with van der Waals surface area (Å²) in [6.07, 6.45) is 3.07. The van der Waals surface area contributed by atoms with Crippen LogP contribution in [0.5, 0.6) is 0 Å². The van der Waals surface area contributed by atoms with E-state index in [1.54, 1.807) is 12.1 Å². The molecule has 0 saturated heterocycles. The van der Waals surface area contributed by atoms with E-state index in [2.05, 4.69) is 4.98 Å². The van der Waals surface area contributed by atoms with Gasteiger partial charge in [0.15, 0.2) is 5.69 Å². The van der Waals surface area contributed by atoms with Crippen molar-refractivity contribution >= 4 is 52.4 Å². The van der Waals surface area contributed by atoms with Crippen LogP contribution in [0.25, 0.3) is 0 Å². The molecule has 18 heavy (non-hydrogen) atoms. The van der Waals surface area contributed by atoms with E-state index in [1.807, 2.05) is 0 Å². The largest absolute Gasteiger partial charge is 0.383 e. The average Bonchev–Trinajstić information content (AvgIpc) is 2.83. The summed E-state index contributed by atoms with van der Waals surface area (Å²) in [7, 11) is 0. The second-order valence-electron chi connectivity index (χ2n) is 3.11. The summed E-state index contributed by atoms with van der Waals surface area (Å²) in [5.41, 5.74) is -0.204. The Balaban J connectivity index is 2.36. The van der Waals surface area contributed by atoms with Crippen LogP contribution in [-0.2, 0) is 0 Å². The van der Waals surface area contributed by atoms with Crippen molar-refractivity contribution in [3.8, 4) is 0 Å². The zero-order valence-electron chi connectivity index (χ0n) is 8.53. The molecule has 0 fully saturated rings. The number of aromatic nitrogens is 2. The van der Waals surface area contributed by atoms with Crippen molar-refractivity contribution in [3.63, 3.8) is 0 Å². The number of rotatable bonds is 2. The van der Waals surface area contributed by atoms with Gasteiger partial charge in [0, 0.05) is 12.4 Å². The fraction of sp³-hybridized carbons (Fsp3) is 0. The summed E-state index contributed by atoms with van der Waals surface area (Å²) in [6.45, 7) is 0. The first-order valence-corrected chi connectivity index (χ1v) is 6.07. The number of carbonyl (C=O) groups is 1. The molecule has 0 radical (unpaired) electrons. The van der Waals surface area contributed by atoms with Crippen molar-refractivity contribution in [2.75, 3.05) is 0 Å². The third-order valence-electron chi connectivity index (χ3n) is 1.94. The maximum absolute atomic E-state index is 11.8. The Kier molecular flexibility index (Phi) is 4.02. The minimum Gasteiger partial charge on any atom is -0.330 e. The Labute approximate surface area is 122 Å². The minimum atomic E-state index is -0.795. The highest BCUT2D eigenvalue weighted by molar-refractivity contribution is 6.52. The van der Waals surface area contributed by atoms with Crippen LogP contribution >= 0.6 is 46.4 Å². The maximum atomic E-state index is 11.8. The van der Waals surface area contributed by atoms with Gasteiger partial charge in [-0.3, -0.25) is 0 Å². The molecule has 2 rings (SSSR count). The Bertz CT molecular complexity index is 598. The summed E-state index contributed by atoms with van der Waals surface area (Å²) in [5, 5.41) is -0.285. The van der Waals surface area contributed by atoms with E-state index < -0.39 is 5.97 Å². The molecule has 0 spiro atoms. The second kappa shape index (κ2) is 5.36. The van der Waals surface area contributed by atoms with Crippen LogP contribution in [0.2, 0.25) is 20.2 Å². The summed E-state index contributed by atoms with van der Waals surface area (Å²) in [6, 6.07) is 3.37. The van der Waals surface area contributed by atoms with Gasteiger partial charge >= 0.3 is 5.97 Å². The first-order valence-electron chi connectivity index (χ1n) is 4.56. The molecular weight excluding hydrogens is 322 g/mol. The van der Waals surface area contributed by atoms with Gasteiger partial charge < -0.3 is 4.84 Å². The van der Waals surface area contributed by atoms with E-state index in [-0.39, 0.29) is 25.9 Å². The molecule has 2 aromatic heterocycles. The Morgan fingerprint density at radius 3 is 2.28 bits per heavy atom. The molecule has 0 amide bonds. The van der Waals surface area contributed by atoms with Crippen molar-refractivity contribution in [1.29, 1.82) is 0 Å². The van der Waals surface area contributed by atoms with Gasteiger partial charge in [-0.05, 0) is 12.1 Å². The van der Waals surface area contributed by atoms with Gasteiger partial charge in [0.25, 0.3) is 0 Å². The van der Waals surface area contributed by atoms with Gasteiger partial charge in [-0.15, -0.1) is 0 Å². The summed E-state index contributed by atoms with van der Waals surface area (Å²) in [5.74, 6) is -0.795. The molecule has 0 aliphatic rings. The minimum absolute atomic E-state index is 0.0131. The van der Waals surface area contributed by atoms with E-state index >= 15 is 0 Å². The number of nitrogens with zero attached hydrogens (tertiary/aromatic N) is 2. The average molecular weight is 326 g/mol. The van der Waals surface area contributed by atoms with Crippen LogP contribution in [0, 0.1) is 0 Å². The molecule has 0 aliphatic carbocycles. The second-order valence-corrected chi connectivity index (χ2v) is 4.61. The smallest absolute Gasteiger partial charge is 0.330 e. The molecule has 4 nitrogen and oxygen atoms in total. The van der Waals surface area contributed by atoms with Gasteiger partial charge in [0.2, 0.25) is 0 Å². The van der Waals surface area contributed by atoms with Crippen molar-refractivity contribution < 1.29 is 9.63 Å². The quantitative estimate of drug-likeness (QED) is 0.789. The van der Waals surface area contributed by atoms with E-state index in [9.17, 15) is 4.79 Å². The van der Waals surface area contributed by atoms with E-state index in [0.717, 1.165) is 0 Å². The zero-order valence-corrected chi connectivity index (χ0v) is 11.6. The SMILES string of the molecule is O=C(On1cccc1)c1nc(Cl)c(Cl)c(Cl)c1Cl. The lowest BCUT2D eigenvalue weighted by Gasteiger charge is -2.08. The topological polar surface area (TPSA) is 44.1 Å². The molecule has 8 heteroatoms. The molecule has 0 N–H and O–H groups in total. The van der Waals surface area contributed by atoms with E-state index in [4.69, 9.17) is 51.2 Å². The first kappa shape index (κ1) is 13.5. The van der Waals surface area contributed by atoms with Gasteiger partial charge in [-0.25, -0.2) is 9.78 Å². The predicted octanol–water partition coefficient (Wildman–Crippen LogP) is 3.77. The van der Waals surface area contributed by atoms with Gasteiger partial charge in [-0.1, -0.05) is 46.4 Å². The monoisotopic (exact) mass is 324 g/mol. The number of hydrogen-bond acceptors (Lipinski definition) is 3. The number of pyridine rings is 1. The molecule has 0 atom stereocenters. The molecule has 2 aromatic rings. The number of halogens is 4.